The molecular formula is C41H45N5O7S2. The second-order valence-electron chi connectivity index (χ2n) is 13.9. The van der Waals surface area contributed by atoms with Crippen molar-refractivity contribution in [3.63, 3.8) is 0 Å². The lowest BCUT2D eigenvalue weighted by Gasteiger charge is -2.30. The largest absolute Gasteiger partial charge is 0.465 e. The number of thiophene rings is 1. The summed E-state index contributed by atoms with van der Waals surface area (Å²) in [5.74, 6) is -1.88. The van der Waals surface area contributed by atoms with Gasteiger partial charge in [-0.15, -0.1) is 23.1 Å². The van der Waals surface area contributed by atoms with E-state index in [1.54, 1.807) is 87.2 Å². The molecule has 1 aromatic heterocycles. The number of ether oxygens (including phenoxy) is 2. The van der Waals surface area contributed by atoms with Gasteiger partial charge in [0.2, 0.25) is 5.91 Å². The highest BCUT2D eigenvalue weighted by Gasteiger charge is 2.33. The van der Waals surface area contributed by atoms with Gasteiger partial charge >= 0.3 is 12.1 Å². The molecule has 2 heterocycles. The van der Waals surface area contributed by atoms with Gasteiger partial charge in [-0.2, -0.15) is 0 Å². The first-order chi connectivity index (χ1) is 26.1. The molecule has 1 aliphatic rings. The van der Waals surface area contributed by atoms with Crippen LogP contribution in [0, 0.1) is 0 Å². The number of carbonyl (C=O) groups is 5. The third-order valence-corrected chi connectivity index (χ3v) is 10.6. The summed E-state index contributed by atoms with van der Waals surface area (Å²) >= 11 is 2.50. The zero-order valence-electron chi connectivity index (χ0n) is 31.9. The fraction of sp³-hybridized carbons (Fsp3) is 0.293. The number of anilines is 3. The Morgan fingerprint density at radius 2 is 1.65 bits per heavy atom. The molecule has 0 spiro atoms. The average molecular weight is 784 g/mol. The summed E-state index contributed by atoms with van der Waals surface area (Å²) in [6, 6.07) is 23.2. The first-order valence-electron chi connectivity index (χ1n) is 17.6. The zero-order valence-corrected chi connectivity index (χ0v) is 33.5. The molecule has 55 heavy (non-hydrogen) atoms. The Balaban J connectivity index is 1.29. The fourth-order valence-electron chi connectivity index (χ4n) is 5.59. The Morgan fingerprint density at radius 3 is 2.31 bits per heavy atom. The Bertz CT molecular complexity index is 2090. The fourth-order valence-corrected chi connectivity index (χ4v) is 7.77. The van der Waals surface area contributed by atoms with Gasteiger partial charge in [-0.1, -0.05) is 36.4 Å². The van der Waals surface area contributed by atoms with E-state index in [2.05, 4.69) is 16.0 Å². The van der Waals surface area contributed by atoms with Crippen LogP contribution < -0.4 is 20.9 Å². The minimum Gasteiger partial charge on any atom is -0.465 e. The van der Waals surface area contributed by atoms with Gasteiger partial charge in [0.05, 0.1) is 24.5 Å². The predicted molar refractivity (Wildman–Crippen MR) is 218 cm³/mol. The second-order valence-corrected chi connectivity index (χ2v) is 16.5. The van der Waals surface area contributed by atoms with Crippen LogP contribution >= 0.6 is 23.1 Å². The number of esters is 1. The number of benzene rings is 3. The maximum atomic E-state index is 13.7. The van der Waals surface area contributed by atoms with Gasteiger partial charge in [0.15, 0.2) is 0 Å². The van der Waals surface area contributed by atoms with Crippen molar-refractivity contribution in [2.24, 2.45) is 0 Å². The number of rotatable bonds is 11. The van der Waals surface area contributed by atoms with Crippen molar-refractivity contribution in [1.82, 2.24) is 10.2 Å². The van der Waals surface area contributed by atoms with Crippen molar-refractivity contribution < 1.29 is 33.4 Å². The quantitative estimate of drug-likeness (QED) is 0.0804. The van der Waals surface area contributed by atoms with Gasteiger partial charge in [0, 0.05) is 47.4 Å². The third kappa shape index (κ3) is 10.8. The van der Waals surface area contributed by atoms with E-state index in [0.717, 1.165) is 21.7 Å². The van der Waals surface area contributed by atoms with E-state index in [4.69, 9.17) is 9.47 Å². The Kier molecular flexibility index (Phi) is 13.1. The van der Waals surface area contributed by atoms with Crippen molar-refractivity contribution in [2.75, 3.05) is 43.3 Å². The molecule has 12 nitrogen and oxygen atoms in total. The predicted octanol–water partition coefficient (Wildman–Crippen LogP) is 7.42. The summed E-state index contributed by atoms with van der Waals surface area (Å²) in [4.78, 5) is 71.0. The van der Waals surface area contributed by atoms with Crippen molar-refractivity contribution in [1.29, 1.82) is 0 Å². The number of amides is 4. The molecular weight excluding hydrogens is 739 g/mol. The average Bonchev–Trinajstić information content (AvgIpc) is 3.51. The molecule has 0 saturated carbocycles. The summed E-state index contributed by atoms with van der Waals surface area (Å²) < 4.78 is 10.6. The summed E-state index contributed by atoms with van der Waals surface area (Å²) in [7, 11) is 5.16. The van der Waals surface area contributed by atoms with Crippen LogP contribution in [0.3, 0.4) is 0 Å². The molecule has 0 aliphatic carbocycles. The molecule has 3 N–H and O–H groups in total. The van der Waals surface area contributed by atoms with Gasteiger partial charge in [0.1, 0.15) is 16.3 Å². The lowest BCUT2D eigenvalue weighted by Crippen LogP contribution is -2.39. The molecule has 5 rings (SSSR count). The van der Waals surface area contributed by atoms with E-state index in [-0.39, 0.29) is 18.1 Å². The van der Waals surface area contributed by atoms with Crippen LogP contribution in [0.1, 0.15) is 64.4 Å². The highest BCUT2D eigenvalue weighted by molar-refractivity contribution is 8.00. The van der Waals surface area contributed by atoms with Gasteiger partial charge in [-0.3, -0.25) is 14.4 Å². The van der Waals surface area contributed by atoms with Gasteiger partial charge < -0.3 is 35.2 Å². The summed E-state index contributed by atoms with van der Waals surface area (Å²) in [6.45, 7) is 7.74. The van der Waals surface area contributed by atoms with Crippen LogP contribution in [0.2, 0.25) is 0 Å². The molecule has 1 aliphatic heterocycles. The number of fused-ring (bicyclic) bond motifs is 1. The zero-order chi connectivity index (χ0) is 39.9. The van der Waals surface area contributed by atoms with Crippen LogP contribution in [-0.4, -0.2) is 73.3 Å². The van der Waals surface area contributed by atoms with E-state index in [1.807, 2.05) is 49.3 Å². The normalized spacial score (nSPS) is 13.2. The maximum absolute atomic E-state index is 13.7. The van der Waals surface area contributed by atoms with Gasteiger partial charge in [-0.25, -0.2) is 9.59 Å². The highest BCUT2D eigenvalue weighted by Crippen LogP contribution is 2.39. The third-order valence-electron chi connectivity index (χ3n) is 8.36. The molecule has 1 atom stereocenters. The van der Waals surface area contributed by atoms with Crippen molar-refractivity contribution in [3.8, 4) is 0 Å². The van der Waals surface area contributed by atoms with E-state index in [1.165, 1.54) is 30.2 Å². The molecule has 3 aromatic carbocycles. The molecule has 14 heteroatoms. The molecule has 0 radical (unpaired) electrons. The van der Waals surface area contributed by atoms with E-state index in [0.29, 0.717) is 39.7 Å². The minimum atomic E-state index is -0.651. The standard InChI is InChI=1S/C41H45N5O7S2/c1-25(35(47)44-38-34(39(50)52-7)31-20-21-46(24-33(31)55-38)40(51)53-41(2,3)4)54-30-15-11-14-28(23-30)42-37(49)32(43-36(48)27-12-9-8-10-13-27)22-26-16-18-29(19-17-26)45(5)6/h8-19,22-23,25H,20-21,24H2,1-7H3,(H,42,49)(H,43,48)(H,44,47)/b32-22+. The SMILES string of the molecule is COC(=O)c1c(NC(=O)C(C)Sc2cccc(NC(=O)/C(=C\c3ccc(N(C)C)cc3)NC(=O)c3ccccc3)c2)sc2c1CCN(C(=O)OC(C)(C)C)C2. The lowest BCUT2D eigenvalue weighted by atomic mass is 10.0. The first kappa shape index (κ1) is 40.6. The Hall–Kier alpha value is -5.60. The molecule has 4 aromatic rings. The number of thioether (sulfide) groups is 1. The van der Waals surface area contributed by atoms with Crippen LogP contribution in [-0.2, 0) is 32.0 Å². The van der Waals surface area contributed by atoms with Crippen molar-refractivity contribution in [2.45, 2.75) is 56.4 Å². The monoisotopic (exact) mass is 783 g/mol. The molecule has 0 bridgehead atoms. The lowest BCUT2D eigenvalue weighted by molar-refractivity contribution is -0.115. The van der Waals surface area contributed by atoms with Crippen LogP contribution in [0.5, 0.6) is 0 Å². The second kappa shape index (κ2) is 17.7. The molecule has 288 valence electrons. The summed E-state index contributed by atoms with van der Waals surface area (Å²) in [6.07, 6.45) is 1.57. The molecule has 1 unspecified atom stereocenters. The topological polar surface area (TPSA) is 146 Å². The van der Waals surface area contributed by atoms with Gasteiger partial charge in [0.25, 0.3) is 11.8 Å². The first-order valence-corrected chi connectivity index (χ1v) is 19.3. The number of hydrogen-bond acceptors (Lipinski definition) is 10. The number of hydrogen-bond donors (Lipinski definition) is 3. The van der Waals surface area contributed by atoms with E-state index >= 15 is 0 Å². The summed E-state index contributed by atoms with van der Waals surface area (Å²) in [5.41, 5.74) is 2.99. The minimum absolute atomic E-state index is 0.0477. The summed E-state index contributed by atoms with van der Waals surface area (Å²) in [5, 5.41) is 8.30. The molecule has 0 fully saturated rings. The maximum Gasteiger partial charge on any atom is 0.410 e. The highest BCUT2D eigenvalue weighted by atomic mass is 32.2. The molecule has 0 saturated heterocycles. The van der Waals surface area contributed by atoms with Crippen LogP contribution in [0.15, 0.2) is 89.5 Å². The van der Waals surface area contributed by atoms with E-state index in [9.17, 15) is 24.0 Å². The number of nitrogens with zero attached hydrogens (tertiary/aromatic N) is 2. The number of carbonyl (C=O) groups excluding carboxylic acids is 5. The Labute approximate surface area is 329 Å². The van der Waals surface area contributed by atoms with E-state index < -0.39 is 34.7 Å². The number of nitrogens with one attached hydrogen (secondary N) is 3. The number of methoxy groups -OCH3 is 1. The van der Waals surface area contributed by atoms with Crippen molar-refractivity contribution >= 4 is 75.3 Å². The Morgan fingerprint density at radius 1 is 0.945 bits per heavy atom. The van der Waals surface area contributed by atoms with Crippen LogP contribution in [0.25, 0.3) is 6.08 Å². The molecule has 4 amide bonds. The van der Waals surface area contributed by atoms with Crippen LogP contribution in [0.4, 0.5) is 21.2 Å². The van der Waals surface area contributed by atoms with Gasteiger partial charge in [-0.05, 0) is 93.8 Å². The van der Waals surface area contributed by atoms with Crippen molar-refractivity contribution in [3.05, 3.63) is 112 Å². The smallest absolute Gasteiger partial charge is 0.410 e.